The predicted octanol–water partition coefficient (Wildman–Crippen LogP) is 2.48. The monoisotopic (exact) mass is 374 g/mol. The van der Waals surface area contributed by atoms with Crippen LogP contribution in [0.5, 0.6) is 5.75 Å². The first-order valence-corrected chi connectivity index (χ1v) is 8.87. The lowest BCUT2D eigenvalue weighted by molar-refractivity contribution is -0.119. The van der Waals surface area contributed by atoms with Crippen LogP contribution in [0, 0.1) is 6.92 Å². The molecule has 27 heavy (non-hydrogen) atoms. The number of primary amides is 1. The molecule has 0 saturated heterocycles. The summed E-state index contributed by atoms with van der Waals surface area (Å²) in [6.45, 7) is 4.08. The lowest BCUT2D eigenvalue weighted by atomic mass is 10.1. The van der Waals surface area contributed by atoms with Gasteiger partial charge in [-0.05, 0) is 37.6 Å². The minimum absolute atomic E-state index is 0.141. The molecule has 8 heteroatoms. The summed E-state index contributed by atoms with van der Waals surface area (Å²) in [5.74, 6) is 1.05. The van der Waals surface area contributed by atoms with E-state index < -0.39 is 11.9 Å². The first kappa shape index (κ1) is 20.3. The molecule has 0 bridgehead atoms. The van der Waals surface area contributed by atoms with E-state index in [0.717, 1.165) is 12.1 Å². The van der Waals surface area contributed by atoms with Crippen LogP contribution < -0.4 is 20.7 Å². The maximum Gasteiger partial charge on any atom is 0.248 e. The number of anilines is 2. The van der Waals surface area contributed by atoms with Crippen molar-refractivity contribution in [3.8, 4) is 5.75 Å². The summed E-state index contributed by atoms with van der Waals surface area (Å²) >= 11 is 0. The lowest BCUT2D eigenvalue weighted by Crippen LogP contribution is -2.45. The van der Waals surface area contributed by atoms with Gasteiger partial charge in [-0.25, -0.2) is 0 Å². The van der Waals surface area contributed by atoms with Gasteiger partial charge in [-0.3, -0.25) is 9.59 Å². The zero-order chi connectivity index (χ0) is 19.8. The Labute approximate surface area is 158 Å². The number of carbonyl (C=O) groups excluding carboxylic acids is 2. The Morgan fingerprint density at radius 2 is 2.04 bits per heavy atom. The van der Waals surface area contributed by atoms with Gasteiger partial charge in [0.25, 0.3) is 0 Å². The van der Waals surface area contributed by atoms with Crippen LogP contribution in [0.3, 0.4) is 0 Å². The van der Waals surface area contributed by atoms with Gasteiger partial charge in [0.15, 0.2) is 5.82 Å². The number of amides is 2. The molecular formula is C19H26N4O4. The number of hydrogen-bond acceptors (Lipinski definition) is 6. The van der Waals surface area contributed by atoms with E-state index in [-0.39, 0.29) is 12.3 Å². The smallest absolute Gasteiger partial charge is 0.248 e. The third kappa shape index (κ3) is 5.73. The van der Waals surface area contributed by atoms with Gasteiger partial charge in [0, 0.05) is 24.7 Å². The molecule has 146 valence electrons. The average Bonchev–Trinajstić information content (AvgIpc) is 3.05. The summed E-state index contributed by atoms with van der Waals surface area (Å²) in [6, 6.07) is 8.51. The Kier molecular flexibility index (Phi) is 7.22. The topological polar surface area (TPSA) is 111 Å². The maximum absolute atomic E-state index is 12.9. The van der Waals surface area contributed by atoms with Crippen LogP contribution in [0.4, 0.5) is 11.5 Å². The van der Waals surface area contributed by atoms with E-state index in [2.05, 4.69) is 10.5 Å². The molecular weight excluding hydrogens is 348 g/mol. The van der Waals surface area contributed by atoms with E-state index in [1.807, 2.05) is 36.1 Å². The van der Waals surface area contributed by atoms with Crippen molar-refractivity contribution in [1.82, 2.24) is 5.16 Å². The predicted molar refractivity (Wildman–Crippen MR) is 103 cm³/mol. The summed E-state index contributed by atoms with van der Waals surface area (Å²) in [4.78, 5) is 26.1. The SMILES string of the molecule is CCC[C@H](C(=O)Nc1cc(C)on1)N(CCC(N)=O)c1ccc(OC)cc1. The van der Waals surface area contributed by atoms with Crippen LogP contribution in [0.1, 0.15) is 31.9 Å². The molecule has 2 amide bonds. The number of nitrogens with one attached hydrogen (secondary N) is 1. The van der Waals surface area contributed by atoms with E-state index >= 15 is 0 Å². The number of ether oxygens (including phenoxy) is 1. The van der Waals surface area contributed by atoms with Crippen LogP contribution in [0.25, 0.3) is 0 Å². The van der Waals surface area contributed by atoms with Crippen molar-refractivity contribution >= 4 is 23.3 Å². The van der Waals surface area contributed by atoms with Crippen molar-refractivity contribution in [2.75, 3.05) is 23.9 Å². The second-order valence-electron chi connectivity index (χ2n) is 6.22. The molecule has 0 saturated carbocycles. The van der Waals surface area contributed by atoms with Gasteiger partial charge in [-0.15, -0.1) is 0 Å². The van der Waals surface area contributed by atoms with Crippen molar-refractivity contribution in [1.29, 1.82) is 0 Å². The quantitative estimate of drug-likeness (QED) is 0.661. The fraction of sp³-hybridized carbons (Fsp3) is 0.421. The highest BCUT2D eigenvalue weighted by molar-refractivity contribution is 5.96. The molecule has 1 atom stereocenters. The molecule has 2 aromatic rings. The summed E-state index contributed by atoms with van der Waals surface area (Å²) in [5.41, 5.74) is 6.14. The summed E-state index contributed by atoms with van der Waals surface area (Å²) in [6.07, 6.45) is 1.54. The minimum atomic E-state index is -0.486. The van der Waals surface area contributed by atoms with Crippen molar-refractivity contribution in [3.05, 3.63) is 36.1 Å². The number of aromatic nitrogens is 1. The normalized spacial score (nSPS) is 11.7. The molecule has 0 aliphatic heterocycles. The third-order valence-corrected chi connectivity index (χ3v) is 4.12. The second kappa shape index (κ2) is 9.61. The number of carbonyl (C=O) groups is 2. The van der Waals surface area contributed by atoms with Gasteiger partial charge in [0.05, 0.1) is 7.11 Å². The third-order valence-electron chi connectivity index (χ3n) is 4.12. The maximum atomic E-state index is 12.9. The van der Waals surface area contributed by atoms with Crippen LogP contribution in [0.2, 0.25) is 0 Å². The van der Waals surface area contributed by atoms with Gasteiger partial charge in [-0.1, -0.05) is 18.5 Å². The first-order valence-electron chi connectivity index (χ1n) is 8.87. The highest BCUT2D eigenvalue weighted by atomic mass is 16.5. The molecule has 0 radical (unpaired) electrons. The number of benzene rings is 1. The summed E-state index contributed by atoms with van der Waals surface area (Å²) in [7, 11) is 1.59. The van der Waals surface area contributed by atoms with E-state index in [9.17, 15) is 9.59 Å². The molecule has 0 spiro atoms. The van der Waals surface area contributed by atoms with Crippen molar-refractivity contribution < 1.29 is 18.8 Å². The summed E-state index contributed by atoms with van der Waals surface area (Å²) < 4.78 is 10.2. The standard InChI is InChI=1S/C19H26N4O4/c1-4-5-16(19(25)21-18-12-13(2)27-22-18)23(11-10-17(20)24)14-6-8-15(26-3)9-7-14/h6-9,12,16H,4-5,10-11H2,1-3H3,(H2,20,24)(H,21,22,25)/t16-/m1/s1. The minimum Gasteiger partial charge on any atom is -0.497 e. The van der Waals surface area contributed by atoms with Gasteiger partial charge >= 0.3 is 0 Å². The number of nitrogens with two attached hydrogens (primary N) is 1. The number of nitrogens with zero attached hydrogens (tertiary/aromatic N) is 2. The molecule has 1 heterocycles. The van der Waals surface area contributed by atoms with Crippen LogP contribution in [-0.2, 0) is 9.59 Å². The van der Waals surface area contributed by atoms with E-state index in [0.29, 0.717) is 30.3 Å². The average molecular weight is 374 g/mol. The van der Waals surface area contributed by atoms with E-state index in [1.165, 1.54) is 0 Å². The number of hydrogen-bond donors (Lipinski definition) is 2. The largest absolute Gasteiger partial charge is 0.497 e. The Hall–Kier alpha value is -3.03. The molecule has 8 nitrogen and oxygen atoms in total. The van der Waals surface area contributed by atoms with Gasteiger partial charge in [-0.2, -0.15) is 0 Å². The molecule has 0 aliphatic carbocycles. The fourth-order valence-electron chi connectivity index (χ4n) is 2.81. The number of aryl methyl sites for hydroxylation is 1. The van der Waals surface area contributed by atoms with E-state index in [1.54, 1.807) is 20.1 Å². The van der Waals surface area contributed by atoms with Crippen molar-refractivity contribution in [2.24, 2.45) is 5.73 Å². The number of methoxy groups -OCH3 is 1. The fourth-order valence-corrected chi connectivity index (χ4v) is 2.81. The highest BCUT2D eigenvalue weighted by Gasteiger charge is 2.26. The van der Waals surface area contributed by atoms with Gasteiger partial charge < -0.3 is 25.2 Å². The lowest BCUT2D eigenvalue weighted by Gasteiger charge is -2.32. The summed E-state index contributed by atoms with van der Waals surface area (Å²) in [5, 5.41) is 6.59. The zero-order valence-electron chi connectivity index (χ0n) is 15.9. The van der Waals surface area contributed by atoms with Gasteiger partial charge in [0.2, 0.25) is 11.8 Å². The molecule has 2 rings (SSSR count). The van der Waals surface area contributed by atoms with Crippen LogP contribution in [0.15, 0.2) is 34.9 Å². The second-order valence-corrected chi connectivity index (χ2v) is 6.22. The van der Waals surface area contributed by atoms with E-state index in [4.69, 9.17) is 15.0 Å². The molecule has 1 aromatic carbocycles. The van der Waals surface area contributed by atoms with Crippen LogP contribution >= 0.6 is 0 Å². The Bertz CT molecular complexity index is 757. The number of rotatable bonds is 10. The van der Waals surface area contributed by atoms with Gasteiger partial charge in [0.1, 0.15) is 17.6 Å². The van der Waals surface area contributed by atoms with Crippen molar-refractivity contribution in [3.63, 3.8) is 0 Å². The molecule has 1 aromatic heterocycles. The Morgan fingerprint density at radius 3 is 2.56 bits per heavy atom. The van der Waals surface area contributed by atoms with Crippen molar-refractivity contribution in [2.45, 2.75) is 39.2 Å². The first-order chi connectivity index (χ1) is 12.9. The molecule has 3 N–H and O–H groups in total. The molecule has 0 fully saturated rings. The zero-order valence-corrected chi connectivity index (χ0v) is 15.9. The Morgan fingerprint density at radius 1 is 1.33 bits per heavy atom. The molecule has 0 aliphatic rings. The molecule has 0 unspecified atom stereocenters. The van der Waals surface area contributed by atoms with Crippen LogP contribution in [-0.4, -0.2) is 36.7 Å². The highest BCUT2D eigenvalue weighted by Crippen LogP contribution is 2.24. The Balaban J connectivity index is 2.27.